The number of benzene rings is 1. The smallest absolute Gasteiger partial charge is 0.0790 e. The maximum Gasteiger partial charge on any atom is 0.0790 e. The summed E-state index contributed by atoms with van der Waals surface area (Å²) in [4.78, 5) is 0. The van der Waals surface area contributed by atoms with E-state index >= 15 is 0 Å². The largest absolute Gasteiger partial charge is 0.327 e. The van der Waals surface area contributed by atoms with E-state index < -0.39 is 0 Å². The molecular formula is C13H15Cl2N3. The van der Waals surface area contributed by atoms with Crippen molar-refractivity contribution in [2.24, 2.45) is 5.73 Å². The maximum absolute atomic E-state index is 6.04. The van der Waals surface area contributed by atoms with Crippen LogP contribution < -0.4 is 5.73 Å². The van der Waals surface area contributed by atoms with Crippen LogP contribution >= 0.6 is 23.2 Å². The minimum atomic E-state index is 0.119. The van der Waals surface area contributed by atoms with E-state index in [1.54, 1.807) is 17.1 Å². The number of nitrogens with zero attached hydrogens (tertiary/aromatic N) is 2. The van der Waals surface area contributed by atoms with Crippen molar-refractivity contribution in [3.63, 3.8) is 0 Å². The van der Waals surface area contributed by atoms with Crippen molar-refractivity contribution in [2.75, 3.05) is 0 Å². The van der Waals surface area contributed by atoms with Gasteiger partial charge in [-0.15, -0.1) is 0 Å². The molecular weight excluding hydrogens is 269 g/mol. The van der Waals surface area contributed by atoms with E-state index in [4.69, 9.17) is 28.9 Å². The van der Waals surface area contributed by atoms with E-state index in [-0.39, 0.29) is 6.04 Å². The van der Waals surface area contributed by atoms with E-state index in [1.807, 2.05) is 18.2 Å². The first-order valence-electron chi connectivity index (χ1n) is 5.84. The van der Waals surface area contributed by atoms with Gasteiger partial charge in [-0.05, 0) is 36.6 Å². The molecule has 2 aromatic rings. The van der Waals surface area contributed by atoms with E-state index in [2.05, 4.69) is 12.0 Å². The van der Waals surface area contributed by atoms with E-state index in [0.717, 1.165) is 24.1 Å². The second-order valence-electron chi connectivity index (χ2n) is 4.25. The highest BCUT2D eigenvalue weighted by molar-refractivity contribution is 6.31. The summed E-state index contributed by atoms with van der Waals surface area (Å²) >= 11 is 11.9. The lowest BCUT2D eigenvalue weighted by Crippen LogP contribution is -2.22. The Hall–Kier alpha value is -1.03. The van der Waals surface area contributed by atoms with Crippen molar-refractivity contribution in [1.29, 1.82) is 0 Å². The Balaban J connectivity index is 2.40. The van der Waals surface area contributed by atoms with Crippen LogP contribution in [0, 0.1) is 0 Å². The quantitative estimate of drug-likeness (QED) is 0.934. The molecule has 0 spiro atoms. The normalized spacial score (nSPS) is 12.7. The van der Waals surface area contributed by atoms with Gasteiger partial charge < -0.3 is 5.73 Å². The van der Waals surface area contributed by atoms with E-state index in [9.17, 15) is 0 Å². The van der Waals surface area contributed by atoms with Crippen molar-refractivity contribution in [1.82, 2.24) is 9.78 Å². The van der Waals surface area contributed by atoms with Crippen LogP contribution in [-0.4, -0.2) is 15.8 Å². The molecule has 0 bridgehead atoms. The third kappa shape index (κ3) is 3.05. The summed E-state index contributed by atoms with van der Waals surface area (Å²) in [5.74, 6) is 0. The lowest BCUT2D eigenvalue weighted by molar-refractivity contribution is 0.642. The van der Waals surface area contributed by atoms with Gasteiger partial charge >= 0.3 is 0 Å². The first-order chi connectivity index (χ1) is 8.60. The lowest BCUT2D eigenvalue weighted by atomic mass is 10.0. The Morgan fingerprint density at radius 2 is 2.11 bits per heavy atom. The summed E-state index contributed by atoms with van der Waals surface area (Å²) in [6.07, 6.45) is 5.07. The molecule has 0 saturated heterocycles. The molecule has 0 saturated carbocycles. The fourth-order valence-electron chi connectivity index (χ4n) is 1.80. The summed E-state index contributed by atoms with van der Waals surface area (Å²) in [7, 11) is 0. The van der Waals surface area contributed by atoms with Gasteiger partial charge in [-0.25, -0.2) is 4.68 Å². The van der Waals surface area contributed by atoms with Gasteiger partial charge in [-0.1, -0.05) is 30.1 Å². The van der Waals surface area contributed by atoms with Gasteiger partial charge in [0.2, 0.25) is 0 Å². The molecule has 1 aromatic heterocycles. The van der Waals surface area contributed by atoms with Crippen LogP contribution in [0.15, 0.2) is 30.6 Å². The van der Waals surface area contributed by atoms with Crippen LogP contribution in [0.1, 0.15) is 18.9 Å². The number of nitrogens with two attached hydrogens (primary N) is 1. The molecule has 0 aliphatic rings. The van der Waals surface area contributed by atoms with Crippen molar-refractivity contribution in [2.45, 2.75) is 25.8 Å². The molecule has 18 heavy (non-hydrogen) atoms. The predicted octanol–water partition coefficient (Wildman–Crippen LogP) is 3.46. The topological polar surface area (TPSA) is 43.8 Å². The Labute approximate surface area is 117 Å². The second kappa shape index (κ2) is 5.74. The molecule has 0 amide bonds. The van der Waals surface area contributed by atoms with Gasteiger partial charge in [0.1, 0.15) is 0 Å². The molecule has 1 unspecified atom stereocenters. The molecule has 0 fully saturated rings. The summed E-state index contributed by atoms with van der Waals surface area (Å²) < 4.78 is 1.75. The minimum absolute atomic E-state index is 0.119. The number of halogens is 2. The fourth-order valence-corrected chi connectivity index (χ4v) is 2.13. The summed E-state index contributed by atoms with van der Waals surface area (Å²) in [6, 6.07) is 5.83. The first-order valence-corrected chi connectivity index (χ1v) is 6.60. The van der Waals surface area contributed by atoms with Gasteiger partial charge in [0.25, 0.3) is 0 Å². The third-order valence-corrected chi connectivity index (χ3v) is 3.28. The monoisotopic (exact) mass is 283 g/mol. The molecule has 0 aliphatic carbocycles. The number of hydrogen-bond acceptors (Lipinski definition) is 2. The van der Waals surface area contributed by atoms with Crippen molar-refractivity contribution >= 4 is 23.2 Å². The van der Waals surface area contributed by atoms with Gasteiger partial charge in [-0.3, -0.25) is 0 Å². The van der Waals surface area contributed by atoms with Crippen molar-refractivity contribution in [3.8, 4) is 5.69 Å². The van der Waals surface area contributed by atoms with Crippen molar-refractivity contribution in [3.05, 3.63) is 46.2 Å². The van der Waals surface area contributed by atoms with Crippen LogP contribution in [-0.2, 0) is 6.42 Å². The van der Waals surface area contributed by atoms with Crippen LogP contribution in [0.2, 0.25) is 10.0 Å². The molecule has 0 aliphatic heterocycles. The molecule has 3 nitrogen and oxygen atoms in total. The Kier molecular flexibility index (Phi) is 4.27. The van der Waals surface area contributed by atoms with E-state index in [1.165, 1.54) is 0 Å². The zero-order valence-corrected chi connectivity index (χ0v) is 11.6. The van der Waals surface area contributed by atoms with Crippen molar-refractivity contribution < 1.29 is 0 Å². The Morgan fingerprint density at radius 3 is 2.72 bits per heavy atom. The summed E-state index contributed by atoms with van der Waals surface area (Å²) in [5.41, 5.74) is 8.06. The molecule has 1 atom stereocenters. The first kappa shape index (κ1) is 13.4. The number of hydrogen-bond donors (Lipinski definition) is 1. The molecule has 2 N–H and O–H groups in total. The third-order valence-electron chi connectivity index (χ3n) is 2.85. The maximum atomic E-state index is 6.04. The van der Waals surface area contributed by atoms with Crippen LogP contribution in [0.25, 0.3) is 5.69 Å². The van der Waals surface area contributed by atoms with Crippen LogP contribution in [0.3, 0.4) is 0 Å². The Bertz CT molecular complexity index is 537. The molecule has 5 heteroatoms. The highest BCUT2D eigenvalue weighted by Gasteiger charge is 2.10. The molecule has 0 radical (unpaired) electrons. The molecule has 1 heterocycles. The minimum Gasteiger partial charge on any atom is -0.327 e. The zero-order chi connectivity index (χ0) is 13.1. The highest BCUT2D eigenvalue weighted by atomic mass is 35.5. The van der Waals surface area contributed by atoms with Gasteiger partial charge in [-0.2, -0.15) is 5.10 Å². The number of rotatable bonds is 4. The molecule has 1 aromatic carbocycles. The van der Waals surface area contributed by atoms with Gasteiger partial charge in [0.15, 0.2) is 0 Å². The highest BCUT2D eigenvalue weighted by Crippen LogP contribution is 2.22. The molecule has 2 rings (SSSR count). The molecule has 96 valence electrons. The van der Waals surface area contributed by atoms with Crippen LogP contribution in [0.5, 0.6) is 0 Å². The standard InChI is InChI=1S/C13H15Cl2N3/c1-2-12(16)6-9-5-10(14)3-4-13(9)18-8-11(15)7-17-18/h3-5,7-8,12H,2,6,16H2,1H3. The average molecular weight is 284 g/mol. The average Bonchev–Trinajstić information content (AvgIpc) is 2.75. The van der Waals surface area contributed by atoms with E-state index in [0.29, 0.717) is 10.0 Å². The SMILES string of the molecule is CCC(N)Cc1cc(Cl)ccc1-n1cc(Cl)cn1. The Morgan fingerprint density at radius 1 is 1.33 bits per heavy atom. The zero-order valence-electron chi connectivity index (χ0n) is 10.1. The second-order valence-corrected chi connectivity index (χ2v) is 5.12. The summed E-state index contributed by atoms with van der Waals surface area (Å²) in [5, 5.41) is 5.52. The number of aromatic nitrogens is 2. The predicted molar refractivity (Wildman–Crippen MR) is 75.6 cm³/mol. The fraction of sp³-hybridized carbons (Fsp3) is 0.308. The summed E-state index contributed by atoms with van der Waals surface area (Å²) in [6.45, 7) is 2.07. The van der Waals surface area contributed by atoms with Gasteiger partial charge in [0.05, 0.1) is 16.9 Å². The lowest BCUT2D eigenvalue weighted by Gasteiger charge is -2.13. The van der Waals surface area contributed by atoms with Gasteiger partial charge in [0, 0.05) is 17.3 Å². The van der Waals surface area contributed by atoms with Crippen LogP contribution in [0.4, 0.5) is 0 Å².